The topological polar surface area (TPSA) is 35.6 Å². The van der Waals surface area contributed by atoms with E-state index in [2.05, 4.69) is 192 Å². The summed E-state index contributed by atoms with van der Waals surface area (Å²) in [4.78, 5) is 10.9. The van der Waals surface area contributed by atoms with E-state index >= 15 is 0 Å². The lowest BCUT2D eigenvalue weighted by molar-refractivity contribution is 1.14. The summed E-state index contributed by atoms with van der Waals surface area (Å²) in [6.07, 6.45) is 0. The maximum absolute atomic E-state index is 5.49. The van der Waals surface area contributed by atoms with Crippen LogP contribution < -0.4 is 10.5 Å². The van der Waals surface area contributed by atoms with Crippen molar-refractivity contribution in [1.29, 1.82) is 0 Å². The first-order chi connectivity index (χ1) is 26.1. The molecule has 0 radical (unpaired) electrons. The Morgan fingerprint density at radius 1 is 0.453 bits per heavy atom. The molecule has 53 heavy (non-hydrogen) atoms. The molecular weight excluding hydrogens is 661 g/mol. The first-order valence-corrected chi connectivity index (χ1v) is 21.3. The van der Waals surface area contributed by atoms with Crippen LogP contribution in [0, 0.1) is 0 Å². The van der Waals surface area contributed by atoms with Crippen molar-refractivity contribution < 1.29 is 0 Å². The largest absolute Gasteiger partial charge is 0.307 e. The average molecular weight is 695 g/mol. The van der Waals surface area contributed by atoms with E-state index in [1.54, 1.807) is 0 Å². The van der Waals surface area contributed by atoms with Crippen LogP contribution in [0.5, 0.6) is 0 Å². The third-order valence-corrected chi connectivity index (χ3v) is 14.6. The fraction of sp³-hybridized carbons (Fsp3) is 0.0417. The molecule has 4 heterocycles. The van der Waals surface area contributed by atoms with Crippen molar-refractivity contribution in [2.75, 3.05) is 0 Å². The fourth-order valence-electron chi connectivity index (χ4n) is 8.87. The van der Waals surface area contributed by atoms with Gasteiger partial charge in [-0.05, 0) is 47.1 Å². The Hall–Kier alpha value is -6.56. The minimum absolute atomic E-state index is 0.766. The van der Waals surface area contributed by atoms with E-state index in [-0.39, 0.29) is 0 Å². The van der Waals surface area contributed by atoms with Gasteiger partial charge in [-0.1, -0.05) is 147 Å². The third-order valence-electron chi connectivity index (χ3n) is 11.3. The zero-order valence-electron chi connectivity index (χ0n) is 29.5. The highest BCUT2D eigenvalue weighted by atomic mass is 28.3. The number of hydrogen-bond donors (Lipinski definition) is 0. The predicted octanol–water partition coefficient (Wildman–Crippen LogP) is 10.8. The molecule has 0 fully saturated rings. The first-order valence-electron chi connectivity index (χ1n) is 18.3. The standard InChI is InChI=1S/C48H34N4Si/c1-53(2)42-27-14-11-24-39(42)43-44(31-16-5-3-6-17-31)49-47(50-48(43)53)32-18-15-21-34(30-32)52-41-26-13-10-23-36(41)38-29-28-37-35-22-9-12-25-40(35)51(45(37)46(38)52)33-19-7-4-8-20-33/h3-30H,1-2H3. The molecule has 0 saturated carbocycles. The molecule has 0 N–H and O–H groups in total. The van der Waals surface area contributed by atoms with Gasteiger partial charge >= 0.3 is 0 Å². The molecule has 7 aromatic carbocycles. The van der Waals surface area contributed by atoms with E-state index in [4.69, 9.17) is 9.97 Å². The minimum atomic E-state index is -2.09. The Bertz CT molecular complexity index is 3080. The van der Waals surface area contributed by atoms with Crippen molar-refractivity contribution >= 4 is 62.2 Å². The van der Waals surface area contributed by atoms with Crippen LogP contribution in [0.3, 0.4) is 0 Å². The molecule has 0 aliphatic carbocycles. The predicted molar refractivity (Wildman–Crippen MR) is 224 cm³/mol. The summed E-state index contributed by atoms with van der Waals surface area (Å²) in [6, 6.07) is 61.2. The van der Waals surface area contributed by atoms with Crippen molar-refractivity contribution in [3.05, 3.63) is 170 Å². The normalized spacial score (nSPS) is 13.2. The number of benzene rings is 7. The maximum Gasteiger partial charge on any atom is 0.159 e. The number of hydrogen-bond acceptors (Lipinski definition) is 2. The van der Waals surface area contributed by atoms with Crippen LogP contribution in [0.4, 0.5) is 0 Å². The number of nitrogens with zero attached hydrogens (tertiary/aromatic N) is 4. The number of fused-ring (bicyclic) bond motifs is 10. The van der Waals surface area contributed by atoms with Crippen LogP contribution in [0.2, 0.25) is 13.1 Å². The second-order valence-electron chi connectivity index (χ2n) is 14.6. The van der Waals surface area contributed by atoms with Crippen molar-refractivity contribution in [1.82, 2.24) is 19.1 Å². The SMILES string of the molecule is C[Si]1(C)c2ccccc2-c2c(-c3ccccc3)nc(-c3cccc(-n4c5ccccc5c5ccc6c7ccccc7n(-c7ccccc7)c6c54)c3)nc21. The Balaban J connectivity index is 1.21. The molecule has 0 unspecified atom stereocenters. The first kappa shape index (κ1) is 30.1. The Morgan fingerprint density at radius 3 is 1.70 bits per heavy atom. The van der Waals surface area contributed by atoms with Crippen molar-refractivity contribution in [2.24, 2.45) is 0 Å². The van der Waals surface area contributed by atoms with Gasteiger partial charge in [0.1, 0.15) is 8.07 Å². The van der Waals surface area contributed by atoms with Crippen LogP contribution in [0.1, 0.15) is 0 Å². The van der Waals surface area contributed by atoms with E-state index in [1.807, 2.05) is 0 Å². The molecule has 0 spiro atoms. The summed E-state index contributed by atoms with van der Waals surface area (Å²) >= 11 is 0. The summed E-state index contributed by atoms with van der Waals surface area (Å²) in [5, 5.41) is 7.56. The van der Waals surface area contributed by atoms with Gasteiger partial charge in [0, 0.05) is 54.9 Å². The van der Waals surface area contributed by atoms with Gasteiger partial charge in [0.05, 0.1) is 27.8 Å². The van der Waals surface area contributed by atoms with E-state index < -0.39 is 8.07 Å². The van der Waals surface area contributed by atoms with Crippen LogP contribution in [0.25, 0.3) is 88.8 Å². The Labute approximate surface area is 308 Å². The van der Waals surface area contributed by atoms with Gasteiger partial charge in [0.2, 0.25) is 0 Å². The summed E-state index contributed by atoms with van der Waals surface area (Å²) < 4.78 is 4.89. The molecular formula is C48H34N4Si. The van der Waals surface area contributed by atoms with Gasteiger partial charge in [-0.25, -0.2) is 9.97 Å². The molecule has 0 atom stereocenters. The second kappa shape index (κ2) is 11.2. The highest BCUT2D eigenvalue weighted by Crippen LogP contribution is 2.42. The Morgan fingerprint density at radius 2 is 1.00 bits per heavy atom. The molecule has 4 nitrogen and oxygen atoms in total. The van der Waals surface area contributed by atoms with Crippen molar-refractivity contribution in [3.8, 4) is 45.1 Å². The monoisotopic (exact) mass is 694 g/mol. The third kappa shape index (κ3) is 4.29. The van der Waals surface area contributed by atoms with Gasteiger partial charge < -0.3 is 9.13 Å². The van der Waals surface area contributed by atoms with E-state index in [1.165, 1.54) is 65.2 Å². The average Bonchev–Trinajstić information content (AvgIpc) is 3.82. The molecule has 0 amide bonds. The van der Waals surface area contributed by atoms with Gasteiger partial charge in [-0.2, -0.15) is 0 Å². The zero-order valence-corrected chi connectivity index (χ0v) is 30.5. The fourth-order valence-corrected chi connectivity index (χ4v) is 11.8. The van der Waals surface area contributed by atoms with Gasteiger partial charge in [0.25, 0.3) is 0 Å². The van der Waals surface area contributed by atoms with Gasteiger partial charge in [-0.3, -0.25) is 0 Å². The molecule has 11 rings (SSSR count). The zero-order chi connectivity index (χ0) is 35.3. The molecule has 0 saturated heterocycles. The summed E-state index contributed by atoms with van der Waals surface area (Å²) in [5.41, 5.74) is 12.6. The lowest BCUT2D eigenvalue weighted by atomic mass is 10.0. The van der Waals surface area contributed by atoms with Crippen LogP contribution in [-0.4, -0.2) is 27.2 Å². The van der Waals surface area contributed by atoms with Crippen LogP contribution in [-0.2, 0) is 0 Å². The molecule has 10 aromatic rings. The smallest absolute Gasteiger partial charge is 0.159 e. The lowest BCUT2D eigenvalue weighted by Crippen LogP contribution is -2.50. The highest BCUT2D eigenvalue weighted by Gasteiger charge is 2.41. The number of aromatic nitrogens is 4. The molecule has 0 bridgehead atoms. The number of para-hydroxylation sites is 3. The van der Waals surface area contributed by atoms with E-state index in [9.17, 15) is 0 Å². The summed E-state index contributed by atoms with van der Waals surface area (Å²) in [6.45, 7) is 4.85. The Kier molecular flexibility index (Phi) is 6.37. The highest BCUT2D eigenvalue weighted by molar-refractivity contribution is 7.03. The quantitative estimate of drug-likeness (QED) is 0.172. The van der Waals surface area contributed by atoms with Gasteiger partial charge in [-0.15, -0.1) is 0 Å². The number of rotatable bonds is 4. The summed E-state index contributed by atoms with van der Waals surface area (Å²) in [7, 11) is -2.09. The van der Waals surface area contributed by atoms with Gasteiger partial charge in [0.15, 0.2) is 5.82 Å². The van der Waals surface area contributed by atoms with E-state index in [0.717, 1.165) is 34.0 Å². The van der Waals surface area contributed by atoms with E-state index in [0.29, 0.717) is 0 Å². The van der Waals surface area contributed by atoms with Crippen LogP contribution >= 0.6 is 0 Å². The molecule has 5 heteroatoms. The van der Waals surface area contributed by atoms with Crippen molar-refractivity contribution in [3.63, 3.8) is 0 Å². The second-order valence-corrected chi connectivity index (χ2v) is 18.9. The lowest BCUT2D eigenvalue weighted by Gasteiger charge is -2.19. The van der Waals surface area contributed by atoms with Crippen molar-refractivity contribution in [2.45, 2.75) is 13.1 Å². The molecule has 250 valence electrons. The van der Waals surface area contributed by atoms with Crippen LogP contribution in [0.15, 0.2) is 170 Å². The molecule has 3 aromatic heterocycles. The maximum atomic E-state index is 5.49. The molecule has 1 aliphatic rings. The molecule has 1 aliphatic heterocycles. The summed E-state index contributed by atoms with van der Waals surface area (Å²) in [5.74, 6) is 0.766. The minimum Gasteiger partial charge on any atom is -0.307 e.